The molecule has 1 amide bonds. The molecule has 0 aromatic rings. The molecule has 2 rings (SSSR count). The number of hydrogen-bond donors (Lipinski definition) is 2. The first-order chi connectivity index (χ1) is 5.20. The molecule has 0 aliphatic carbocycles. The maximum atomic E-state index is 10.8. The average Bonchev–Trinajstić information content (AvgIpc) is 2.44. The number of rotatable bonds is 1. The second-order valence-corrected chi connectivity index (χ2v) is 2.96. The molecular weight excluding hydrogens is 144 g/mol. The fourth-order valence-electron chi connectivity index (χ4n) is 1.69. The third-order valence-electron chi connectivity index (χ3n) is 2.28. The van der Waals surface area contributed by atoms with Crippen molar-refractivity contribution in [3.8, 4) is 0 Å². The van der Waals surface area contributed by atoms with Crippen LogP contribution in [-0.4, -0.2) is 24.2 Å². The number of hydrogen-bond acceptors (Lipinski definition) is 3. The lowest BCUT2D eigenvalue weighted by Crippen LogP contribution is -2.44. The van der Waals surface area contributed by atoms with Gasteiger partial charge >= 0.3 is 0 Å². The molecule has 1 fully saturated rings. The van der Waals surface area contributed by atoms with E-state index < -0.39 is 0 Å². The maximum Gasteiger partial charge on any atom is 0.225 e. The fourth-order valence-corrected chi connectivity index (χ4v) is 1.69. The van der Waals surface area contributed by atoms with Crippen LogP contribution in [0.1, 0.15) is 0 Å². The van der Waals surface area contributed by atoms with Gasteiger partial charge in [-0.05, 0) is 0 Å². The summed E-state index contributed by atoms with van der Waals surface area (Å²) in [4.78, 5) is 10.8. The minimum Gasteiger partial charge on any atom is -0.369 e. The predicted octanol–water partition coefficient (Wildman–Crippen LogP) is -1.25. The van der Waals surface area contributed by atoms with E-state index in [1.165, 1.54) is 0 Å². The number of ether oxygens (including phenoxy) is 1. The zero-order valence-corrected chi connectivity index (χ0v) is 5.94. The standard InChI is InChI=1S/C7H10N2O2/c8-6-4-2-1-3(11-4)5(6)7(9)10/h1-6H,8H2,(H2,9,10)/t3-,4+,5-,6+/m1/s1. The Balaban J connectivity index is 2.25. The van der Waals surface area contributed by atoms with Gasteiger partial charge in [0.2, 0.25) is 5.91 Å². The van der Waals surface area contributed by atoms with Crippen LogP contribution in [0.5, 0.6) is 0 Å². The minimum absolute atomic E-state index is 0.0995. The van der Waals surface area contributed by atoms with Crippen LogP contribution in [0.25, 0.3) is 0 Å². The highest BCUT2D eigenvalue weighted by Gasteiger charge is 2.46. The molecule has 2 aliphatic heterocycles. The quantitative estimate of drug-likeness (QED) is 0.463. The van der Waals surface area contributed by atoms with Gasteiger partial charge in [-0.2, -0.15) is 0 Å². The van der Waals surface area contributed by atoms with Gasteiger partial charge in [-0.25, -0.2) is 0 Å². The van der Waals surface area contributed by atoms with Crippen molar-refractivity contribution in [2.45, 2.75) is 18.2 Å². The second-order valence-electron chi connectivity index (χ2n) is 2.96. The summed E-state index contributed by atoms with van der Waals surface area (Å²) in [6, 6.07) is -0.248. The largest absolute Gasteiger partial charge is 0.369 e. The number of carbonyl (C=O) groups excluding carboxylic acids is 1. The molecule has 0 unspecified atom stereocenters. The molecule has 0 aromatic heterocycles. The molecule has 1 saturated heterocycles. The highest BCUT2D eigenvalue weighted by Crippen LogP contribution is 2.32. The average molecular weight is 154 g/mol. The van der Waals surface area contributed by atoms with Gasteiger partial charge in [0.05, 0.1) is 18.1 Å². The van der Waals surface area contributed by atoms with Crippen molar-refractivity contribution in [2.24, 2.45) is 17.4 Å². The van der Waals surface area contributed by atoms with Gasteiger partial charge in [0, 0.05) is 6.04 Å². The molecule has 4 nitrogen and oxygen atoms in total. The molecule has 4 atom stereocenters. The molecule has 0 aromatic carbocycles. The molecule has 2 bridgehead atoms. The Hall–Kier alpha value is -0.870. The van der Waals surface area contributed by atoms with Crippen LogP contribution in [0.4, 0.5) is 0 Å². The smallest absolute Gasteiger partial charge is 0.225 e. The number of carbonyl (C=O) groups is 1. The topological polar surface area (TPSA) is 78.3 Å². The van der Waals surface area contributed by atoms with Crippen LogP contribution >= 0.6 is 0 Å². The summed E-state index contributed by atoms with van der Waals surface area (Å²) in [7, 11) is 0. The fraction of sp³-hybridized carbons (Fsp3) is 0.571. The van der Waals surface area contributed by atoms with Crippen LogP contribution < -0.4 is 11.5 Å². The summed E-state index contributed by atoms with van der Waals surface area (Å²) in [6.07, 6.45) is 3.46. The molecule has 0 radical (unpaired) electrons. The van der Waals surface area contributed by atoms with E-state index in [0.29, 0.717) is 0 Å². The predicted molar refractivity (Wildman–Crippen MR) is 38.5 cm³/mol. The van der Waals surface area contributed by atoms with Crippen molar-refractivity contribution in [3.63, 3.8) is 0 Å². The van der Waals surface area contributed by atoms with E-state index in [-0.39, 0.29) is 30.1 Å². The Labute approximate surface area is 64.2 Å². The number of nitrogens with two attached hydrogens (primary N) is 2. The van der Waals surface area contributed by atoms with Gasteiger partial charge in [0.1, 0.15) is 0 Å². The van der Waals surface area contributed by atoms with Crippen LogP contribution in [-0.2, 0) is 9.53 Å². The maximum absolute atomic E-state index is 10.8. The van der Waals surface area contributed by atoms with E-state index in [2.05, 4.69) is 0 Å². The first-order valence-electron chi connectivity index (χ1n) is 3.59. The summed E-state index contributed by atoms with van der Waals surface area (Å²) in [5.41, 5.74) is 10.8. The normalized spacial score (nSPS) is 46.6. The van der Waals surface area contributed by atoms with Crippen molar-refractivity contribution in [1.82, 2.24) is 0 Å². The van der Waals surface area contributed by atoms with E-state index >= 15 is 0 Å². The van der Waals surface area contributed by atoms with E-state index in [1.807, 2.05) is 12.2 Å². The third kappa shape index (κ3) is 0.797. The van der Waals surface area contributed by atoms with Crippen molar-refractivity contribution in [3.05, 3.63) is 12.2 Å². The summed E-state index contributed by atoms with van der Waals surface area (Å²) >= 11 is 0. The summed E-state index contributed by atoms with van der Waals surface area (Å²) < 4.78 is 5.32. The Morgan fingerprint density at radius 1 is 1.36 bits per heavy atom. The van der Waals surface area contributed by atoms with Crippen molar-refractivity contribution in [2.75, 3.05) is 0 Å². The van der Waals surface area contributed by atoms with Gasteiger partial charge in [0.25, 0.3) is 0 Å². The number of primary amides is 1. The van der Waals surface area contributed by atoms with Crippen LogP contribution in [0.2, 0.25) is 0 Å². The van der Waals surface area contributed by atoms with Crippen LogP contribution in [0, 0.1) is 5.92 Å². The van der Waals surface area contributed by atoms with E-state index in [1.54, 1.807) is 0 Å². The minimum atomic E-state index is -0.366. The molecule has 4 N–H and O–H groups in total. The van der Waals surface area contributed by atoms with Crippen LogP contribution in [0.15, 0.2) is 12.2 Å². The highest BCUT2D eigenvalue weighted by molar-refractivity contribution is 5.79. The summed E-state index contributed by atoms with van der Waals surface area (Å²) in [5, 5.41) is 0. The van der Waals surface area contributed by atoms with Crippen molar-refractivity contribution >= 4 is 5.91 Å². The Morgan fingerprint density at radius 2 is 2.00 bits per heavy atom. The Bertz CT molecular complexity index is 226. The van der Waals surface area contributed by atoms with E-state index in [4.69, 9.17) is 16.2 Å². The Morgan fingerprint density at radius 3 is 2.36 bits per heavy atom. The third-order valence-corrected chi connectivity index (χ3v) is 2.28. The van der Waals surface area contributed by atoms with E-state index in [9.17, 15) is 4.79 Å². The summed E-state index contributed by atoms with van der Waals surface area (Å²) in [6.45, 7) is 0. The molecule has 60 valence electrons. The number of fused-ring (bicyclic) bond motifs is 2. The lowest BCUT2D eigenvalue weighted by molar-refractivity contribution is -0.122. The lowest BCUT2D eigenvalue weighted by Gasteiger charge is -2.17. The second kappa shape index (κ2) is 2.06. The molecule has 0 saturated carbocycles. The van der Waals surface area contributed by atoms with Gasteiger partial charge in [-0.1, -0.05) is 12.2 Å². The van der Waals surface area contributed by atoms with Gasteiger partial charge < -0.3 is 16.2 Å². The van der Waals surface area contributed by atoms with Gasteiger partial charge in [0.15, 0.2) is 0 Å². The van der Waals surface area contributed by atoms with Crippen LogP contribution in [0.3, 0.4) is 0 Å². The molecular formula is C7H10N2O2. The lowest BCUT2D eigenvalue weighted by atomic mass is 9.89. The Kier molecular flexibility index (Phi) is 1.27. The summed E-state index contributed by atoms with van der Waals surface area (Å²) in [5.74, 6) is -0.695. The monoisotopic (exact) mass is 154 g/mol. The molecule has 2 heterocycles. The van der Waals surface area contributed by atoms with Gasteiger partial charge in [-0.15, -0.1) is 0 Å². The molecule has 2 aliphatic rings. The highest BCUT2D eigenvalue weighted by atomic mass is 16.5. The first-order valence-corrected chi connectivity index (χ1v) is 3.59. The van der Waals surface area contributed by atoms with E-state index in [0.717, 1.165) is 0 Å². The number of amides is 1. The van der Waals surface area contributed by atoms with Crippen molar-refractivity contribution < 1.29 is 9.53 Å². The molecule has 0 spiro atoms. The molecule has 4 heteroatoms. The molecule has 11 heavy (non-hydrogen) atoms. The van der Waals surface area contributed by atoms with Gasteiger partial charge in [-0.3, -0.25) is 4.79 Å². The zero-order valence-electron chi connectivity index (χ0n) is 5.94. The zero-order chi connectivity index (χ0) is 8.01. The van der Waals surface area contributed by atoms with Crippen molar-refractivity contribution in [1.29, 1.82) is 0 Å². The SMILES string of the molecule is NC(=O)[C@H]1[C@@H](N)[C@@H]2C=C[C@H]1O2. The first kappa shape index (κ1) is 6.82.